The van der Waals surface area contributed by atoms with Gasteiger partial charge in [-0.1, -0.05) is 6.07 Å². The summed E-state index contributed by atoms with van der Waals surface area (Å²) in [7, 11) is 0. The van der Waals surface area contributed by atoms with Crippen LogP contribution in [0, 0.1) is 0 Å². The maximum Gasteiger partial charge on any atom is 0.271 e. The van der Waals surface area contributed by atoms with E-state index in [0.29, 0.717) is 5.65 Å². The topological polar surface area (TPSA) is 112 Å². The van der Waals surface area contributed by atoms with Gasteiger partial charge in [-0.25, -0.2) is 4.98 Å². The molecule has 3 aromatic rings. The first-order valence-corrected chi connectivity index (χ1v) is 4.87. The van der Waals surface area contributed by atoms with Gasteiger partial charge in [0.25, 0.3) is 5.56 Å². The lowest BCUT2D eigenvalue weighted by atomic mass is 10.3. The summed E-state index contributed by atoms with van der Waals surface area (Å²) in [6.07, 6.45) is 1.61. The predicted octanol–water partition coefficient (Wildman–Crippen LogP) is -0.198. The number of nitrogens with two attached hydrogens (primary N) is 2. The molecule has 0 saturated heterocycles. The molecule has 84 valence electrons. The minimum atomic E-state index is -0.303. The smallest absolute Gasteiger partial charge is 0.271 e. The van der Waals surface area contributed by atoms with Crippen LogP contribution < -0.4 is 17.0 Å². The Kier molecular flexibility index (Phi) is 1.76. The van der Waals surface area contributed by atoms with Crippen molar-refractivity contribution in [3.63, 3.8) is 0 Å². The van der Waals surface area contributed by atoms with Crippen molar-refractivity contribution in [3.05, 3.63) is 34.7 Å². The summed E-state index contributed by atoms with van der Waals surface area (Å²) >= 11 is 0. The highest BCUT2D eigenvalue weighted by Crippen LogP contribution is 2.13. The zero-order valence-corrected chi connectivity index (χ0v) is 8.66. The third-order valence-corrected chi connectivity index (χ3v) is 2.43. The van der Waals surface area contributed by atoms with Gasteiger partial charge in [0, 0.05) is 6.20 Å². The quantitative estimate of drug-likeness (QED) is 0.515. The van der Waals surface area contributed by atoms with Gasteiger partial charge in [0.1, 0.15) is 16.9 Å². The molecule has 0 fully saturated rings. The largest absolute Gasteiger partial charge is 0.383 e. The highest BCUT2D eigenvalue weighted by Gasteiger charge is 2.11. The van der Waals surface area contributed by atoms with Crippen molar-refractivity contribution in [2.75, 3.05) is 11.5 Å². The van der Waals surface area contributed by atoms with Crippen molar-refractivity contribution < 1.29 is 0 Å². The molecule has 3 rings (SSSR count). The second-order valence-electron chi connectivity index (χ2n) is 3.51. The molecule has 0 bridgehead atoms. The molecule has 0 saturated carbocycles. The molecule has 7 nitrogen and oxygen atoms in total. The van der Waals surface area contributed by atoms with Crippen molar-refractivity contribution in [3.8, 4) is 0 Å². The Morgan fingerprint density at radius 1 is 1.12 bits per heavy atom. The van der Waals surface area contributed by atoms with E-state index >= 15 is 0 Å². The average molecular weight is 228 g/mol. The van der Waals surface area contributed by atoms with Crippen LogP contribution in [0.25, 0.3) is 16.7 Å². The van der Waals surface area contributed by atoms with Gasteiger partial charge in [-0.3, -0.25) is 9.20 Å². The Bertz CT molecular complexity index is 794. The zero-order valence-electron chi connectivity index (χ0n) is 8.66. The molecule has 0 unspecified atom stereocenters. The fourth-order valence-corrected chi connectivity index (χ4v) is 1.70. The van der Waals surface area contributed by atoms with Crippen LogP contribution in [0.3, 0.4) is 0 Å². The van der Waals surface area contributed by atoms with E-state index < -0.39 is 0 Å². The molecule has 3 aromatic heterocycles. The van der Waals surface area contributed by atoms with Crippen LogP contribution in [0.5, 0.6) is 0 Å². The molecule has 0 spiro atoms. The second kappa shape index (κ2) is 3.14. The van der Waals surface area contributed by atoms with Crippen LogP contribution in [0.2, 0.25) is 0 Å². The lowest BCUT2D eigenvalue weighted by molar-refractivity contribution is 1.06. The summed E-state index contributed by atoms with van der Waals surface area (Å²) in [5.74, 6) is 0.0467. The molecule has 0 aliphatic heterocycles. The van der Waals surface area contributed by atoms with Gasteiger partial charge >= 0.3 is 0 Å². The fraction of sp³-hybridized carbons (Fsp3) is 0. The Balaban J connectivity index is 2.64. The number of nitrogen functional groups attached to an aromatic ring is 2. The molecule has 0 aliphatic carbocycles. The van der Waals surface area contributed by atoms with E-state index in [4.69, 9.17) is 11.5 Å². The number of aromatic nitrogens is 4. The van der Waals surface area contributed by atoms with E-state index in [-0.39, 0.29) is 28.4 Å². The number of anilines is 2. The molecular formula is C10H8N6O. The first kappa shape index (κ1) is 9.52. The van der Waals surface area contributed by atoms with Gasteiger partial charge in [0.15, 0.2) is 5.65 Å². The molecular weight excluding hydrogens is 220 g/mol. The predicted molar refractivity (Wildman–Crippen MR) is 63.4 cm³/mol. The van der Waals surface area contributed by atoms with E-state index in [0.717, 1.165) is 0 Å². The van der Waals surface area contributed by atoms with Gasteiger partial charge < -0.3 is 11.5 Å². The molecule has 4 N–H and O–H groups in total. The molecule has 0 aliphatic rings. The Labute approximate surface area is 94.7 Å². The van der Waals surface area contributed by atoms with Gasteiger partial charge in [-0.2, -0.15) is 9.97 Å². The molecule has 0 atom stereocenters. The number of pyridine rings is 1. The molecule has 0 amide bonds. The summed E-state index contributed by atoms with van der Waals surface area (Å²) < 4.78 is 1.39. The van der Waals surface area contributed by atoms with Crippen molar-refractivity contribution in [2.45, 2.75) is 0 Å². The van der Waals surface area contributed by atoms with Crippen LogP contribution in [-0.2, 0) is 0 Å². The highest BCUT2D eigenvalue weighted by molar-refractivity contribution is 5.86. The van der Waals surface area contributed by atoms with E-state index in [1.807, 2.05) is 0 Å². The van der Waals surface area contributed by atoms with E-state index in [2.05, 4.69) is 15.0 Å². The Hall–Kier alpha value is -2.70. The third-order valence-electron chi connectivity index (χ3n) is 2.43. The van der Waals surface area contributed by atoms with Crippen molar-refractivity contribution in [2.24, 2.45) is 0 Å². The first-order valence-electron chi connectivity index (χ1n) is 4.87. The minimum Gasteiger partial charge on any atom is -0.383 e. The maximum absolute atomic E-state index is 12.1. The number of hydrogen-bond acceptors (Lipinski definition) is 6. The molecule has 7 heteroatoms. The number of fused-ring (bicyclic) bond motifs is 2. The number of hydrogen-bond donors (Lipinski definition) is 2. The SMILES string of the molecule is Nc1nc(N)c2c(=O)n3ccccc3nc2n1. The van der Waals surface area contributed by atoms with E-state index in [1.165, 1.54) is 4.40 Å². The van der Waals surface area contributed by atoms with Crippen LogP contribution in [0.4, 0.5) is 11.8 Å². The van der Waals surface area contributed by atoms with Gasteiger partial charge in [-0.05, 0) is 12.1 Å². The van der Waals surface area contributed by atoms with Gasteiger partial charge in [-0.15, -0.1) is 0 Å². The number of rotatable bonds is 0. The molecule has 0 aromatic carbocycles. The second-order valence-corrected chi connectivity index (χ2v) is 3.51. The van der Waals surface area contributed by atoms with Crippen LogP contribution in [0.1, 0.15) is 0 Å². The highest BCUT2D eigenvalue weighted by atomic mass is 16.1. The maximum atomic E-state index is 12.1. The Morgan fingerprint density at radius 2 is 1.94 bits per heavy atom. The van der Waals surface area contributed by atoms with Gasteiger partial charge in [0.2, 0.25) is 5.95 Å². The Morgan fingerprint density at radius 3 is 2.76 bits per heavy atom. The van der Waals surface area contributed by atoms with Crippen LogP contribution in [0.15, 0.2) is 29.2 Å². The summed E-state index contributed by atoms with van der Waals surface area (Å²) in [6.45, 7) is 0. The van der Waals surface area contributed by atoms with Crippen molar-refractivity contribution in [1.82, 2.24) is 19.4 Å². The minimum absolute atomic E-state index is 0.00202. The summed E-state index contributed by atoms with van der Waals surface area (Å²) in [4.78, 5) is 24.0. The summed E-state index contributed by atoms with van der Waals surface area (Å²) in [6, 6.07) is 5.22. The monoisotopic (exact) mass is 228 g/mol. The lowest BCUT2D eigenvalue weighted by Gasteiger charge is -2.04. The van der Waals surface area contributed by atoms with Crippen LogP contribution in [-0.4, -0.2) is 19.4 Å². The molecule has 17 heavy (non-hydrogen) atoms. The van der Waals surface area contributed by atoms with E-state index in [1.54, 1.807) is 24.4 Å². The van der Waals surface area contributed by atoms with Crippen molar-refractivity contribution >= 4 is 28.4 Å². The zero-order chi connectivity index (χ0) is 12.0. The standard InChI is InChI=1S/C10H8N6O/c11-7-6-8(15-10(12)14-7)13-5-3-1-2-4-16(5)9(6)17/h1-4H,(H4,11,12,14,15). The average Bonchev–Trinajstić information content (AvgIpc) is 2.28. The first-order chi connectivity index (χ1) is 8.16. The fourth-order valence-electron chi connectivity index (χ4n) is 1.70. The third kappa shape index (κ3) is 1.29. The van der Waals surface area contributed by atoms with Crippen molar-refractivity contribution in [1.29, 1.82) is 0 Å². The molecule has 3 heterocycles. The lowest BCUT2D eigenvalue weighted by Crippen LogP contribution is -2.18. The van der Waals surface area contributed by atoms with E-state index in [9.17, 15) is 4.79 Å². The molecule has 0 radical (unpaired) electrons. The summed E-state index contributed by atoms with van der Waals surface area (Å²) in [5.41, 5.74) is 11.5. The van der Waals surface area contributed by atoms with Crippen LogP contribution >= 0.6 is 0 Å². The summed E-state index contributed by atoms with van der Waals surface area (Å²) in [5, 5.41) is 0.183. The number of nitrogens with zero attached hydrogens (tertiary/aromatic N) is 4. The van der Waals surface area contributed by atoms with Gasteiger partial charge in [0.05, 0.1) is 0 Å². The normalized spacial score (nSPS) is 11.1.